The lowest BCUT2D eigenvalue weighted by molar-refractivity contribution is 0.191. The molecule has 0 spiro atoms. The van der Waals surface area contributed by atoms with Gasteiger partial charge in [-0.15, -0.1) is 0 Å². The van der Waals surface area contributed by atoms with Crippen LogP contribution in [0.2, 0.25) is 0 Å². The third-order valence-electron chi connectivity index (χ3n) is 3.37. The molecule has 1 aliphatic rings. The Kier molecular flexibility index (Phi) is 3.31. The molecule has 1 fully saturated rings. The fraction of sp³-hybridized carbons (Fsp3) is 0.429. The average Bonchev–Trinajstić information content (AvgIpc) is 3.01. The van der Waals surface area contributed by atoms with Gasteiger partial charge in [0.1, 0.15) is 0 Å². The second-order valence-electron chi connectivity index (χ2n) is 5.06. The van der Waals surface area contributed by atoms with E-state index in [2.05, 4.69) is 46.6 Å². The highest BCUT2D eigenvalue weighted by atomic mass is 16.5. The number of hydrogen-bond acceptors (Lipinski definition) is 5. The molecule has 0 bridgehead atoms. The highest BCUT2D eigenvalue weighted by molar-refractivity contribution is 5.23. The van der Waals surface area contributed by atoms with Crippen LogP contribution in [0.3, 0.4) is 0 Å². The van der Waals surface area contributed by atoms with Crippen LogP contribution >= 0.6 is 0 Å². The van der Waals surface area contributed by atoms with Crippen LogP contribution in [0.5, 0.6) is 0 Å². The number of aromatic nitrogens is 2. The summed E-state index contributed by atoms with van der Waals surface area (Å²) in [5, 5.41) is 16.6. The lowest BCUT2D eigenvalue weighted by Crippen LogP contribution is -2.15. The van der Waals surface area contributed by atoms with Crippen molar-refractivity contribution in [1.82, 2.24) is 15.5 Å². The summed E-state index contributed by atoms with van der Waals surface area (Å²) in [7, 11) is 0. The molecule has 2 unspecified atom stereocenters. The molecule has 1 aromatic heterocycles. The van der Waals surface area contributed by atoms with E-state index in [4.69, 9.17) is 4.52 Å². The SMILES string of the molecule is Cc1ccc(Cc2noc(C3CC(O)CN3)n2)cc1. The Labute approximate surface area is 111 Å². The highest BCUT2D eigenvalue weighted by Gasteiger charge is 2.27. The van der Waals surface area contributed by atoms with E-state index in [0.717, 1.165) is 5.56 Å². The van der Waals surface area contributed by atoms with E-state index in [0.29, 0.717) is 31.1 Å². The van der Waals surface area contributed by atoms with Gasteiger partial charge in [-0.1, -0.05) is 35.0 Å². The molecular weight excluding hydrogens is 242 g/mol. The first kappa shape index (κ1) is 12.3. The molecule has 19 heavy (non-hydrogen) atoms. The van der Waals surface area contributed by atoms with Crippen LogP contribution in [-0.2, 0) is 6.42 Å². The highest BCUT2D eigenvalue weighted by Crippen LogP contribution is 2.22. The molecular formula is C14H17N3O2. The van der Waals surface area contributed by atoms with Gasteiger partial charge in [0.05, 0.1) is 12.1 Å². The number of benzene rings is 1. The molecule has 2 N–H and O–H groups in total. The van der Waals surface area contributed by atoms with E-state index >= 15 is 0 Å². The number of rotatable bonds is 3. The van der Waals surface area contributed by atoms with Crippen LogP contribution in [0.15, 0.2) is 28.8 Å². The van der Waals surface area contributed by atoms with Gasteiger partial charge in [-0.05, 0) is 18.9 Å². The summed E-state index contributed by atoms with van der Waals surface area (Å²) in [6.45, 7) is 2.65. The summed E-state index contributed by atoms with van der Waals surface area (Å²) >= 11 is 0. The van der Waals surface area contributed by atoms with E-state index < -0.39 is 0 Å². The normalized spacial score (nSPS) is 22.8. The van der Waals surface area contributed by atoms with Crippen molar-refractivity contribution in [2.75, 3.05) is 6.54 Å². The molecule has 2 heterocycles. The monoisotopic (exact) mass is 259 g/mol. The summed E-state index contributed by atoms with van der Waals surface area (Å²) in [5.74, 6) is 1.25. The minimum Gasteiger partial charge on any atom is -0.392 e. The Morgan fingerprint density at radius 2 is 2.16 bits per heavy atom. The molecule has 2 aromatic rings. The zero-order valence-corrected chi connectivity index (χ0v) is 10.8. The maximum atomic E-state index is 9.48. The lowest BCUT2D eigenvalue weighted by atomic mass is 10.1. The molecule has 3 rings (SSSR count). The molecule has 1 aliphatic heterocycles. The molecule has 0 radical (unpaired) electrons. The van der Waals surface area contributed by atoms with Gasteiger partial charge in [0, 0.05) is 13.0 Å². The Balaban J connectivity index is 1.69. The first-order valence-corrected chi connectivity index (χ1v) is 6.50. The van der Waals surface area contributed by atoms with E-state index in [9.17, 15) is 5.11 Å². The smallest absolute Gasteiger partial charge is 0.243 e. The van der Waals surface area contributed by atoms with Gasteiger partial charge < -0.3 is 14.9 Å². The van der Waals surface area contributed by atoms with Crippen molar-refractivity contribution in [2.45, 2.75) is 31.9 Å². The summed E-state index contributed by atoms with van der Waals surface area (Å²) in [6, 6.07) is 8.27. The summed E-state index contributed by atoms with van der Waals surface area (Å²) in [5.41, 5.74) is 2.40. The van der Waals surface area contributed by atoms with Crippen LogP contribution in [0, 0.1) is 6.92 Å². The van der Waals surface area contributed by atoms with E-state index in [1.54, 1.807) is 0 Å². The quantitative estimate of drug-likeness (QED) is 0.871. The summed E-state index contributed by atoms with van der Waals surface area (Å²) in [6.07, 6.45) is 0.975. The number of hydrogen-bond donors (Lipinski definition) is 2. The fourth-order valence-electron chi connectivity index (χ4n) is 2.27. The summed E-state index contributed by atoms with van der Waals surface area (Å²) < 4.78 is 5.26. The second-order valence-corrected chi connectivity index (χ2v) is 5.06. The molecule has 1 aromatic carbocycles. The van der Waals surface area contributed by atoms with Crippen molar-refractivity contribution in [3.63, 3.8) is 0 Å². The first-order valence-electron chi connectivity index (χ1n) is 6.50. The van der Waals surface area contributed by atoms with Crippen LogP contribution < -0.4 is 5.32 Å². The molecule has 0 aliphatic carbocycles. The zero-order chi connectivity index (χ0) is 13.2. The number of aryl methyl sites for hydroxylation is 1. The van der Waals surface area contributed by atoms with E-state index in [1.807, 2.05) is 0 Å². The van der Waals surface area contributed by atoms with E-state index in [-0.39, 0.29) is 12.1 Å². The molecule has 0 amide bonds. The fourth-order valence-corrected chi connectivity index (χ4v) is 2.27. The van der Waals surface area contributed by atoms with Gasteiger partial charge in [0.25, 0.3) is 0 Å². The largest absolute Gasteiger partial charge is 0.392 e. The number of nitrogens with one attached hydrogen (secondary N) is 1. The molecule has 5 nitrogen and oxygen atoms in total. The van der Waals surface area contributed by atoms with Gasteiger partial charge in [0.15, 0.2) is 5.82 Å². The number of aliphatic hydroxyl groups is 1. The lowest BCUT2D eigenvalue weighted by Gasteiger charge is -2.01. The Bertz CT molecular complexity index is 550. The molecule has 100 valence electrons. The van der Waals surface area contributed by atoms with Crippen molar-refractivity contribution in [3.05, 3.63) is 47.1 Å². The summed E-state index contributed by atoms with van der Waals surface area (Å²) in [4.78, 5) is 4.39. The molecule has 0 saturated carbocycles. The molecule has 5 heteroatoms. The van der Waals surface area contributed by atoms with Crippen LogP contribution in [0.1, 0.15) is 35.3 Å². The minimum atomic E-state index is -0.322. The number of β-amino-alcohol motifs (C(OH)–C–C–N with tert-alkyl or cyclic N) is 1. The third kappa shape index (κ3) is 2.83. The van der Waals surface area contributed by atoms with E-state index in [1.165, 1.54) is 5.56 Å². The Hall–Kier alpha value is -1.72. The number of aliphatic hydroxyl groups excluding tert-OH is 1. The third-order valence-corrected chi connectivity index (χ3v) is 3.37. The van der Waals surface area contributed by atoms with Crippen LogP contribution in [-0.4, -0.2) is 27.9 Å². The van der Waals surface area contributed by atoms with Gasteiger partial charge >= 0.3 is 0 Å². The van der Waals surface area contributed by atoms with Gasteiger partial charge in [-0.3, -0.25) is 0 Å². The van der Waals surface area contributed by atoms with Gasteiger partial charge in [0.2, 0.25) is 5.89 Å². The Morgan fingerprint density at radius 1 is 1.37 bits per heavy atom. The standard InChI is InChI=1S/C14H17N3O2/c1-9-2-4-10(5-3-9)6-13-16-14(19-17-13)12-7-11(18)8-15-12/h2-5,11-12,15,18H,6-8H2,1H3. The second kappa shape index (κ2) is 5.11. The van der Waals surface area contributed by atoms with Gasteiger partial charge in [-0.25, -0.2) is 0 Å². The Morgan fingerprint density at radius 3 is 2.84 bits per heavy atom. The molecule has 1 saturated heterocycles. The maximum Gasteiger partial charge on any atom is 0.243 e. The van der Waals surface area contributed by atoms with Crippen molar-refractivity contribution < 1.29 is 9.63 Å². The first-order chi connectivity index (χ1) is 9.20. The maximum absolute atomic E-state index is 9.48. The van der Waals surface area contributed by atoms with Crippen molar-refractivity contribution in [1.29, 1.82) is 0 Å². The number of nitrogens with zero attached hydrogens (tertiary/aromatic N) is 2. The van der Waals surface area contributed by atoms with Gasteiger partial charge in [-0.2, -0.15) is 4.98 Å². The average molecular weight is 259 g/mol. The molecule has 2 atom stereocenters. The van der Waals surface area contributed by atoms with Crippen molar-refractivity contribution in [2.24, 2.45) is 0 Å². The minimum absolute atomic E-state index is 0.0192. The van der Waals surface area contributed by atoms with Crippen LogP contribution in [0.4, 0.5) is 0 Å². The predicted octanol–water partition coefficient (Wildman–Crippen LogP) is 1.36. The zero-order valence-electron chi connectivity index (χ0n) is 10.8. The van der Waals surface area contributed by atoms with Crippen molar-refractivity contribution in [3.8, 4) is 0 Å². The van der Waals surface area contributed by atoms with Crippen LogP contribution in [0.25, 0.3) is 0 Å². The topological polar surface area (TPSA) is 71.2 Å². The predicted molar refractivity (Wildman–Crippen MR) is 69.7 cm³/mol. The van der Waals surface area contributed by atoms with Crippen molar-refractivity contribution >= 4 is 0 Å².